The van der Waals surface area contributed by atoms with Gasteiger partial charge in [0, 0.05) is 55.2 Å². The number of aromatic amines is 1. The molecule has 1 aliphatic heterocycles. The SMILES string of the molecule is Clc1ccc2c(c1)CCc1cccnc1C2CCN1CCN(CCCCCc2cnc[nH]2)CC1. The number of piperazine rings is 1. The number of nitrogens with one attached hydrogen (secondary N) is 1. The maximum absolute atomic E-state index is 6.35. The first-order chi connectivity index (χ1) is 16.8. The maximum atomic E-state index is 6.35. The average molecular weight is 478 g/mol. The van der Waals surface area contributed by atoms with Crippen LogP contribution in [0.5, 0.6) is 0 Å². The molecule has 1 N–H and O–H groups in total. The highest BCUT2D eigenvalue weighted by atomic mass is 35.5. The van der Waals surface area contributed by atoms with Crippen molar-refractivity contribution in [2.24, 2.45) is 0 Å². The summed E-state index contributed by atoms with van der Waals surface area (Å²) in [5, 5.41) is 0.842. The van der Waals surface area contributed by atoms with E-state index in [1.165, 1.54) is 80.1 Å². The molecule has 1 aliphatic carbocycles. The summed E-state index contributed by atoms with van der Waals surface area (Å²) in [4.78, 5) is 17.5. The van der Waals surface area contributed by atoms with E-state index >= 15 is 0 Å². The molecular weight excluding hydrogens is 442 g/mol. The number of pyridine rings is 1. The molecule has 0 radical (unpaired) electrons. The van der Waals surface area contributed by atoms with Gasteiger partial charge in [-0.1, -0.05) is 30.2 Å². The van der Waals surface area contributed by atoms with Crippen molar-refractivity contribution in [1.29, 1.82) is 0 Å². The van der Waals surface area contributed by atoms with Crippen LogP contribution in [0.3, 0.4) is 0 Å². The monoisotopic (exact) mass is 477 g/mol. The van der Waals surface area contributed by atoms with Crippen molar-refractivity contribution in [2.75, 3.05) is 39.3 Å². The minimum atomic E-state index is 0.360. The minimum Gasteiger partial charge on any atom is -0.348 e. The lowest BCUT2D eigenvalue weighted by atomic mass is 9.88. The van der Waals surface area contributed by atoms with E-state index in [0.29, 0.717) is 5.92 Å². The molecule has 0 saturated carbocycles. The topological polar surface area (TPSA) is 48.1 Å². The van der Waals surface area contributed by atoms with Gasteiger partial charge in [0.05, 0.1) is 12.0 Å². The maximum Gasteiger partial charge on any atom is 0.0921 e. The van der Waals surface area contributed by atoms with Crippen LogP contribution in [0.2, 0.25) is 5.02 Å². The number of fused-ring (bicyclic) bond motifs is 2. The molecule has 2 aromatic heterocycles. The number of aryl methyl sites for hydroxylation is 3. The van der Waals surface area contributed by atoms with Gasteiger partial charge in [-0.3, -0.25) is 4.98 Å². The number of H-pyrrole nitrogens is 1. The number of halogens is 1. The Kier molecular flexibility index (Phi) is 7.94. The first kappa shape index (κ1) is 23.5. The Bertz CT molecular complexity index is 1040. The molecule has 34 heavy (non-hydrogen) atoms. The zero-order valence-corrected chi connectivity index (χ0v) is 20.8. The Hall–Kier alpha value is -2.21. The molecule has 6 heteroatoms. The standard InChI is InChI=1S/C28H36ClN5/c29-24-9-10-26-23(19-24)8-7-22-5-4-12-31-28(22)27(26)11-14-34-17-15-33(16-18-34)13-3-1-2-6-25-20-30-21-32-25/h4-5,9-10,12,19-21,27H,1-3,6-8,11,13-18H2,(H,30,32). The van der Waals surface area contributed by atoms with Crippen molar-refractivity contribution in [3.63, 3.8) is 0 Å². The molecule has 0 bridgehead atoms. The van der Waals surface area contributed by atoms with Gasteiger partial charge in [-0.2, -0.15) is 0 Å². The lowest BCUT2D eigenvalue weighted by Crippen LogP contribution is -2.46. The van der Waals surface area contributed by atoms with E-state index in [2.05, 4.69) is 50.1 Å². The molecule has 3 heterocycles. The van der Waals surface area contributed by atoms with E-state index in [-0.39, 0.29) is 0 Å². The van der Waals surface area contributed by atoms with Gasteiger partial charge in [-0.15, -0.1) is 0 Å². The molecule has 0 amide bonds. The summed E-state index contributed by atoms with van der Waals surface area (Å²) in [5.41, 5.74) is 6.75. The third-order valence-corrected chi connectivity index (χ3v) is 7.81. The van der Waals surface area contributed by atoms with Gasteiger partial charge >= 0.3 is 0 Å². The van der Waals surface area contributed by atoms with Crippen LogP contribution in [0.15, 0.2) is 49.1 Å². The third-order valence-electron chi connectivity index (χ3n) is 7.57. The lowest BCUT2D eigenvalue weighted by molar-refractivity contribution is 0.128. The van der Waals surface area contributed by atoms with Crippen molar-refractivity contribution >= 4 is 11.6 Å². The molecule has 2 aliphatic rings. The minimum absolute atomic E-state index is 0.360. The summed E-state index contributed by atoms with van der Waals surface area (Å²) in [6.45, 7) is 7.07. The first-order valence-electron chi connectivity index (χ1n) is 12.9. The normalized spacial score (nSPS) is 18.9. The fourth-order valence-electron chi connectivity index (χ4n) is 5.61. The third kappa shape index (κ3) is 5.88. The van der Waals surface area contributed by atoms with Crippen molar-refractivity contribution < 1.29 is 0 Å². The predicted octanol–water partition coefficient (Wildman–Crippen LogP) is 5.11. The van der Waals surface area contributed by atoms with E-state index in [0.717, 1.165) is 37.3 Å². The predicted molar refractivity (Wildman–Crippen MR) is 139 cm³/mol. The molecule has 1 fully saturated rings. The highest BCUT2D eigenvalue weighted by molar-refractivity contribution is 6.30. The molecule has 1 atom stereocenters. The summed E-state index contributed by atoms with van der Waals surface area (Å²) < 4.78 is 0. The van der Waals surface area contributed by atoms with E-state index < -0.39 is 0 Å². The van der Waals surface area contributed by atoms with Gasteiger partial charge in [0.2, 0.25) is 0 Å². The van der Waals surface area contributed by atoms with Gasteiger partial charge in [0.15, 0.2) is 0 Å². The zero-order valence-electron chi connectivity index (χ0n) is 20.1. The van der Waals surface area contributed by atoms with E-state index in [1.54, 1.807) is 6.33 Å². The van der Waals surface area contributed by atoms with Gasteiger partial charge in [0.1, 0.15) is 0 Å². The quantitative estimate of drug-likeness (QED) is 0.435. The van der Waals surface area contributed by atoms with Crippen LogP contribution in [0.4, 0.5) is 0 Å². The Morgan fingerprint density at radius 1 is 0.941 bits per heavy atom. The smallest absolute Gasteiger partial charge is 0.0921 e. The average Bonchev–Trinajstić information content (AvgIpc) is 3.33. The second kappa shape index (κ2) is 11.5. The number of rotatable bonds is 9. The van der Waals surface area contributed by atoms with Crippen molar-refractivity contribution in [3.8, 4) is 0 Å². The fourth-order valence-corrected chi connectivity index (χ4v) is 5.81. The number of imidazole rings is 1. The van der Waals surface area contributed by atoms with Crippen LogP contribution in [0.25, 0.3) is 0 Å². The molecule has 5 rings (SSSR count). The molecular formula is C28H36ClN5. The number of nitrogens with zero attached hydrogens (tertiary/aromatic N) is 4. The molecule has 3 aromatic rings. The van der Waals surface area contributed by atoms with Crippen LogP contribution >= 0.6 is 11.6 Å². The van der Waals surface area contributed by atoms with Gasteiger partial charge < -0.3 is 14.8 Å². The summed E-state index contributed by atoms with van der Waals surface area (Å²) in [6, 6.07) is 10.8. The zero-order chi connectivity index (χ0) is 23.2. The highest BCUT2D eigenvalue weighted by Crippen LogP contribution is 2.36. The van der Waals surface area contributed by atoms with E-state index in [1.807, 2.05) is 12.4 Å². The molecule has 0 spiro atoms. The molecule has 1 aromatic carbocycles. The Balaban J connectivity index is 1.11. The molecule has 1 unspecified atom stereocenters. The number of hydrogen-bond donors (Lipinski definition) is 1. The van der Waals surface area contributed by atoms with E-state index in [4.69, 9.17) is 16.6 Å². The van der Waals surface area contributed by atoms with Crippen molar-refractivity contribution in [1.82, 2.24) is 24.8 Å². The summed E-state index contributed by atoms with van der Waals surface area (Å²) in [6.07, 6.45) is 13.8. The summed E-state index contributed by atoms with van der Waals surface area (Å²) >= 11 is 6.35. The van der Waals surface area contributed by atoms with E-state index in [9.17, 15) is 0 Å². The largest absolute Gasteiger partial charge is 0.348 e. The summed E-state index contributed by atoms with van der Waals surface area (Å²) in [7, 11) is 0. The second-order valence-corrected chi connectivity index (χ2v) is 10.2. The summed E-state index contributed by atoms with van der Waals surface area (Å²) in [5.74, 6) is 0.360. The Morgan fingerprint density at radius 3 is 2.59 bits per heavy atom. The van der Waals surface area contributed by atoms with Crippen molar-refractivity contribution in [2.45, 2.75) is 50.9 Å². The van der Waals surface area contributed by atoms with Gasteiger partial charge in [-0.25, -0.2) is 4.98 Å². The molecule has 5 nitrogen and oxygen atoms in total. The van der Waals surface area contributed by atoms with Crippen LogP contribution in [0.1, 0.15) is 59.7 Å². The van der Waals surface area contributed by atoms with Crippen LogP contribution in [0, 0.1) is 0 Å². The number of unbranched alkanes of at least 4 members (excludes halogenated alkanes) is 2. The number of benzene rings is 1. The van der Waals surface area contributed by atoms with Gasteiger partial charge in [0.25, 0.3) is 0 Å². The number of aromatic nitrogens is 3. The Morgan fingerprint density at radius 2 is 1.76 bits per heavy atom. The molecule has 1 saturated heterocycles. The van der Waals surface area contributed by atoms with Crippen LogP contribution in [-0.4, -0.2) is 64.0 Å². The number of hydrogen-bond acceptors (Lipinski definition) is 4. The lowest BCUT2D eigenvalue weighted by Gasteiger charge is -2.35. The van der Waals surface area contributed by atoms with Crippen LogP contribution < -0.4 is 0 Å². The first-order valence-corrected chi connectivity index (χ1v) is 13.3. The second-order valence-electron chi connectivity index (χ2n) is 9.80. The van der Waals surface area contributed by atoms with Crippen LogP contribution in [-0.2, 0) is 19.3 Å². The van der Waals surface area contributed by atoms with Crippen molar-refractivity contribution in [3.05, 3.63) is 82.2 Å². The Labute approximate surface area is 208 Å². The molecule has 180 valence electrons. The highest BCUT2D eigenvalue weighted by Gasteiger charge is 2.26. The fraction of sp³-hybridized carbons (Fsp3) is 0.500. The van der Waals surface area contributed by atoms with Gasteiger partial charge in [-0.05, 0) is 86.5 Å².